The highest BCUT2D eigenvalue weighted by Gasteiger charge is 2.41. The maximum absolute atomic E-state index is 8.73. The van der Waals surface area contributed by atoms with Gasteiger partial charge < -0.3 is 14.0 Å². The Hall–Kier alpha value is -1.23. The van der Waals surface area contributed by atoms with Gasteiger partial charge in [-0.1, -0.05) is 23.7 Å². The molecule has 2 heterocycles. The third-order valence-corrected chi connectivity index (χ3v) is 4.86. The number of thiocyanates is 1. The molecule has 1 saturated heterocycles. The normalized spacial score (nSPS) is 22.3. The van der Waals surface area contributed by atoms with Crippen LogP contribution in [-0.4, -0.2) is 33.8 Å². The maximum atomic E-state index is 8.73. The van der Waals surface area contributed by atoms with E-state index in [9.17, 15) is 0 Å². The van der Waals surface area contributed by atoms with Crippen LogP contribution in [0, 0.1) is 10.7 Å². The van der Waals surface area contributed by atoms with Crippen LogP contribution < -0.4 is 0 Å². The van der Waals surface area contributed by atoms with Crippen molar-refractivity contribution in [3.05, 3.63) is 53.6 Å². The van der Waals surface area contributed by atoms with Crippen LogP contribution in [0.15, 0.2) is 43.0 Å². The second kappa shape index (κ2) is 9.46. The quantitative estimate of drug-likeness (QED) is 0.660. The van der Waals surface area contributed by atoms with Gasteiger partial charge in [0.1, 0.15) is 5.40 Å². The summed E-state index contributed by atoms with van der Waals surface area (Å²) in [6.07, 6.45) is 6.88. The number of nitriles is 1. The van der Waals surface area contributed by atoms with E-state index >= 15 is 0 Å². The molecule has 2 atom stereocenters. The Bertz CT molecular complexity index is 691. The van der Waals surface area contributed by atoms with E-state index in [0.29, 0.717) is 18.9 Å². The second-order valence-electron chi connectivity index (χ2n) is 5.73. The number of halogens is 2. The molecule has 1 aliphatic rings. The van der Waals surface area contributed by atoms with Crippen molar-refractivity contribution in [2.24, 2.45) is 0 Å². The number of thioether (sulfide) groups is 1. The number of ether oxygens (including phenoxy) is 2. The molecular weight excluding hydrogens is 381 g/mol. The average molecular weight is 400 g/mol. The van der Waals surface area contributed by atoms with Crippen LogP contribution in [0.1, 0.15) is 12.0 Å². The lowest BCUT2D eigenvalue weighted by atomic mass is 10.0. The molecule has 1 aromatic heterocycles. The highest BCUT2D eigenvalue weighted by atomic mass is 35.5. The van der Waals surface area contributed by atoms with Gasteiger partial charge in [0.15, 0.2) is 5.79 Å². The van der Waals surface area contributed by atoms with Gasteiger partial charge in [-0.3, -0.25) is 0 Å². The van der Waals surface area contributed by atoms with Crippen LogP contribution in [0.25, 0.3) is 0 Å². The Morgan fingerprint density at radius 3 is 2.88 bits per heavy atom. The summed E-state index contributed by atoms with van der Waals surface area (Å²) in [5.41, 5.74) is 1.19. The monoisotopic (exact) mass is 399 g/mol. The molecule has 1 aromatic carbocycles. The summed E-state index contributed by atoms with van der Waals surface area (Å²) >= 11 is 7.14. The Labute approximate surface area is 162 Å². The Balaban J connectivity index is 0.00000225. The number of hydrogen-bond donors (Lipinski definition) is 0. The van der Waals surface area contributed by atoms with E-state index in [1.165, 1.54) is 17.3 Å². The first kappa shape index (κ1) is 20.1. The maximum Gasteiger partial charge on any atom is 0.187 e. The van der Waals surface area contributed by atoms with Gasteiger partial charge >= 0.3 is 0 Å². The molecule has 2 aromatic rings. The first-order chi connectivity index (χ1) is 11.7. The number of rotatable bonds is 7. The molecule has 0 N–H and O–H groups in total. The molecule has 1 fully saturated rings. The third-order valence-electron chi connectivity index (χ3n) is 3.94. The van der Waals surface area contributed by atoms with Crippen LogP contribution in [0.2, 0.25) is 5.02 Å². The van der Waals surface area contributed by atoms with Gasteiger partial charge in [0.2, 0.25) is 0 Å². The van der Waals surface area contributed by atoms with Gasteiger partial charge in [-0.15, -0.1) is 12.4 Å². The van der Waals surface area contributed by atoms with Crippen molar-refractivity contribution >= 4 is 35.8 Å². The zero-order valence-electron chi connectivity index (χ0n) is 13.5. The summed E-state index contributed by atoms with van der Waals surface area (Å²) in [6.45, 7) is 1.08. The van der Waals surface area contributed by atoms with E-state index in [1.807, 2.05) is 35.0 Å². The summed E-state index contributed by atoms with van der Waals surface area (Å²) in [6, 6.07) is 7.82. The SMILES string of the molecule is Cl.N#CSCC1COC(CCc2ccc(Cl)cc2)(Cn2ccnc2)O1. The third kappa shape index (κ3) is 5.63. The smallest absolute Gasteiger partial charge is 0.187 e. The first-order valence-electron chi connectivity index (χ1n) is 7.72. The molecule has 0 saturated carbocycles. The van der Waals surface area contributed by atoms with E-state index in [2.05, 4.69) is 10.4 Å². The Morgan fingerprint density at radius 2 is 2.20 bits per heavy atom. The lowest BCUT2D eigenvalue weighted by Gasteiger charge is -2.28. The highest BCUT2D eigenvalue weighted by Crippen LogP contribution is 2.32. The fourth-order valence-corrected chi connectivity index (χ4v) is 3.32. The zero-order valence-corrected chi connectivity index (χ0v) is 15.9. The first-order valence-corrected chi connectivity index (χ1v) is 9.08. The van der Waals surface area contributed by atoms with Crippen molar-refractivity contribution in [3.63, 3.8) is 0 Å². The van der Waals surface area contributed by atoms with E-state index in [1.54, 1.807) is 12.5 Å². The lowest BCUT2D eigenvalue weighted by molar-refractivity contribution is -0.180. The number of benzene rings is 1. The van der Waals surface area contributed by atoms with Crippen LogP contribution in [0.4, 0.5) is 0 Å². The molecule has 0 amide bonds. The van der Waals surface area contributed by atoms with Crippen LogP contribution in [0.3, 0.4) is 0 Å². The number of aromatic nitrogens is 2. The van der Waals surface area contributed by atoms with E-state index in [0.717, 1.165) is 17.9 Å². The van der Waals surface area contributed by atoms with Crippen molar-refractivity contribution in [2.45, 2.75) is 31.3 Å². The van der Waals surface area contributed by atoms with Gasteiger partial charge in [-0.25, -0.2) is 4.98 Å². The topological polar surface area (TPSA) is 60.1 Å². The van der Waals surface area contributed by atoms with Crippen LogP contribution in [-0.2, 0) is 22.4 Å². The number of imidazole rings is 1. The van der Waals surface area contributed by atoms with Crippen molar-refractivity contribution in [1.82, 2.24) is 9.55 Å². The van der Waals surface area contributed by atoms with Crippen molar-refractivity contribution in [1.29, 1.82) is 5.26 Å². The van der Waals surface area contributed by atoms with Crippen LogP contribution >= 0.6 is 35.8 Å². The Morgan fingerprint density at radius 1 is 1.40 bits per heavy atom. The fourth-order valence-electron chi connectivity index (χ4n) is 2.77. The highest BCUT2D eigenvalue weighted by molar-refractivity contribution is 8.03. The van der Waals surface area contributed by atoms with Gasteiger partial charge in [0, 0.05) is 29.6 Å². The summed E-state index contributed by atoms with van der Waals surface area (Å²) < 4.78 is 14.2. The van der Waals surface area contributed by atoms with E-state index in [4.69, 9.17) is 26.3 Å². The minimum Gasteiger partial charge on any atom is -0.345 e. The number of aryl methyl sites for hydroxylation is 1. The number of hydrogen-bond acceptors (Lipinski definition) is 5. The minimum absolute atomic E-state index is 0. The van der Waals surface area contributed by atoms with Gasteiger partial charge in [0.25, 0.3) is 0 Å². The summed E-state index contributed by atoms with van der Waals surface area (Å²) in [5.74, 6) is -0.0792. The predicted octanol–water partition coefficient (Wildman–Crippen LogP) is 3.92. The summed E-state index contributed by atoms with van der Waals surface area (Å²) in [7, 11) is 0. The standard InChI is InChI=1S/C17H18ClN3O2S.ClH/c18-15-3-1-14(2-4-15)5-6-17(11-21-8-7-20-13-21)22-9-16(23-17)10-24-12-19;/h1-4,7-8,13,16H,5-6,9-11H2;1H. The molecule has 8 heteroatoms. The van der Waals surface area contributed by atoms with Gasteiger partial charge in [-0.05, 0) is 35.9 Å². The van der Waals surface area contributed by atoms with Crippen molar-refractivity contribution in [2.75, 3.05) is 12.4 Å². The number of nitrogens with zero attached hydrogens (tertiary/aromatic N) is 3. The molecule has 2 unspecified atom stereocenters. The zero-order chi connectivity index (χ0) is 16.8. The molecule has 0 bridgehead atoms. The van der Waals surface area contributed by atoms with Gasteiger partial charge in [-0.2, -0.15) is 5.26 Å². The second-order valence-corrected chi connectivity index (χ2v) is 6.97. The van der Waals surface area contributed by atoms with Crippen molar-refractivity contribution < 1.29 is 9.47 Å². The van der Waals surface area contributed by atoms with E-state index in [-0.39, 0.29) is 18.5 Å². The van der Waals surface area contributed by atoms with Crippen LogP contribution in [0.5, 0.6) is 0 Å². The van der Waals surface area contributed by atoms with Crippen molar-refractivity contribution in [3.8, 4) is 5.40 Å². The predicted molar refractivity (Wildman–Crippen MR) is 101 cm³/mol. The largest absolute Gasteiger partial charge is 0.345 e. The lowest BCUT2D eigenvalue weighted by Crippen LogP contribution is -2.37. The Kier molecular flexibility index (Phi) is 7.60. The molecular formula is C17H19Cl2N3O2S. The molecule has 3 rings (SSSR count). The molecule has 1 aliphatic heterocycles. The van der Waals surface area contributed by atoms with Gasteiger partial charge in [0.05, 0.1) is 25.6 Å². The molecule has 25 heavy (non-hydrogen) atoms. The summed E-state index contributed by atoms with van der Waals surface area (Å²) in [4.78, 5) is 4.08. The minimum atomic E-state index is -0.693. The average Bonchev–Trinajstić information content (AvgIpc) is 3.23. The summed E-state index contributed by atoms with van der Waals surface area (Å²) in [5, 5.41) is 11.5. The molecule has 0 radical (unpaired) electrons. The molecule has 0 aliphatic carbocycles. The molecule has 0 spiro atoms. The van der Waals surface area contributed by atoms with E-state index < -0.39 is 5.79 Å². The molecule has 134 valence electrons. The molecule has 5 nitrogen and oxygen atoms in total. The fraction of sp³-hybridized carbons (Fsp3) is 0.412.